The van der Waals surface area contributed by atoms with Crippen molar-refractivity contribution in [2.45, 2.75) is 57.0 Å². The highest BCUT2D eigenvalue weighted by atomic mass is 19.4. The molecule has 0 bridgehead atoms. The minimum Gasteiger partial charge on any atom is -0.364 e. The lowest BCUT2D eigenvalue weighted by atomic mass is 10.2. The molecule has 0 amide bonds. The van der Waals surface area contributed by atoms with Gasteiger partial charge in [-0.2, -0.15) is 13.2 Å². The topological polar surface area (TPSA) is 35.2 Å². The summed E-state index contributed by atoms with van der Waals surface area (Å²) in [7, 11) is 0. The lowest BCUT2D eigenvalue weighted by molar-refractivity contribution is -0.236. The maximum Gasteiger partial charge on any atom is 0.416 e. The largest absolute Gasteiger partial charge is 0.416 e. The van der Waals surface area contributed by atoms with Gasteiger partial charge in [0.05, 0.1) is 6.10 Å². The summed E-state index contributed by atoms with van der Waals surface area (Å²) in [6.45, 7) is 1.33. The zero-order chi connectivity index (χ0) is 10.8. The molecule has 5 heteroatoms. The van der Waals surface area contributed by atoms with Crippen LogP contribution < -0.4 is 5.73 Å². The number of nitrogens with two attached hydrogens (primary N) is 1. The summed E-state index contributed by atoms with van der Waals surface area (Å²) in [6.07, 6.45) is -3.07. The van der Waals surface area contributed by atoms with E-state index in [1.54, 1.807) is 0 Å². The first-order chi connectivity index (χ1) is 6.41. The monoisotopic (exact) mass is 211 g/mol. The fourth-order valence-corrected chi connectivity index (χ4v) is 1.73. The maximum atomic E-state index is 12.4. The summed E-state index contributed by atoms with van der Waals surface area (Å²) in [4.78, 5) is 0. The molecule has 0 aromatic heterocycles. The van der Waals surface area contributed by atoms with Crippen molar-refractivity contribution in [1.82, 2.24) is 0 Å². The van der Waals surface area contributed by atoms with Crippen LogP contribution in [0.1, 0.15) is 32.6 Å². The van der Waals surface area contributed by atoms with Crippen LogP contribution in [0.3, 0.4) is 0 Å². The van der Waals surface area contributed by atoms with Crippen LogP contribution in [0.4, 0.5) is 13.2 Å². The van der Waals surface area contributed by atoms with E-state index < -0.39 is 18.3 Å². The number of ether oxygens (including phenoxy) is 1. The van der Waals surface area contributed by atoms with Gasteiger partial charge in [0, 0.05) is 6.04 Å². The Morgan fingerprint density at radius 3 is 2.14 bits per heavy atom. The molecule has 0 spiro atoms. The average molecular weight is 211 g/mol. The van der Waals surface area contributed by atoms with Crippen LogP contribution in [0.15, 0.2) is 0 Å². The molecule has 0 saturated heterocycles. The molecule has 0 heterocycles. The molecule has 2 N–H and O–H groups in total. The molecule has 1 fully saturated rings. The van der Waals surface area contributed by atoms with Gasteiger partial charge in [0.1, 0.15) is 0 Å². The Bertz CT molecular complexity index is 175. The summed E-state index contributed by atoms with van der Waals surface area (Å²) >= 11 is 0. The van der Waals surface area contributed by atoms with Gasteiger partial charge in [-0.15, -0.1) is 0 Å². The highest BCUT2D eigenvalue weighted by Gasteiger charge is 2.44. The summed E-state index contributed by atoms with van der Waals surface area (Å²) in [6, 6.07) is -1.00. The van der Waals surface area contributed by atoms with Crippen LogP contribution in [0.5, 0.6) is 0 Å². The Hall–Kier alpha value is -0.290. The van der Waals surface area contributed by atoms with Crippen molar-refractivity contribution in [2.24, 2.45) is 5.73 Å². The van der Waals surface area contributed by atoms with Gasteiger partial charge in [-0.05, 0) is 19.8 Å². The summed E-state index contributed by atoms with van der Waals surface area (Å²) in [5, 5.41) is 0. The van der Waals surface area contributed by atoms with E-state index in [2.05, 4.69) is 0 Å². The van der Waals surface area contributed by atoms with Gasteiger partial charge in [-0.25, -0.2) is 0 Å². The number of halogens is 3. The van der Waals surface area contributed by atoms with E-state index >= 15 is 0 Å². The molecular weight excluding hydrogens is 195 g/mol. The van der Waals surface area contributed by atoms with Gasteiger partial charge in [-0.3, -0.25) is 0 Å². The standard InChI is InChI=1S/C9H16F3NO/c1-6(13)8(9(10,11)12)14-7-4-2-3-5-7/h6-8H,2-5,13H2,1H3. The molecule has 1 aliphatic rings. The molecule has 2 nitrogen and oxygen atoms in total. The van der Waals surface area contributed by atoms with Gasteiger partial charge in [-0.1, -0.05) is 12.8 Å². The van der Waals surface area contributed by atoms with Crippen molar-refractivity contribution in [3.63, 3.8) is 0 Å². The third kappa shape index (κ3) is 3.13. The Morgan fingerprint density at radius 1 is 1.29 bits per heavy atom. The lowest BCUT2D eigenvalue weighted by Crippen LogP contribution is -2.46. The molecule has 1 rings (SSSR count). The molecule has 0 aromatic carbocycles. The highest BCUT2D eigenvalue weighted by Crippen LogP contribution is 2.30. The fraction of sp³-hybridized carbons (Fsp3) is 1.00. The van der Waals surface area contributed by atoms with Crippen molar-refractivity contribution >= 4 is 0 Å². The molecule has 14 heavy (non-hydrogen) atoms. The second-order valence-corrected chi connectivity index (χ2v) is 3.86. The number of alkyl halides is 3. The van der Waals surface area contributed by atoms with Gasteiger partial charge in [0.2, 0.25) is 0 Å². The molecule has 0 radical (unpaired) electrons. The number of hydrogen-bond acceptors (Lipinski definition) is 2. The molecule has 1 aliphatic carbocycles. The molecule has 2 unspecified atom stereocenters. The van der Waals surface area contributed by atoms with Gasteiger partial charge < -0.3 is 10.5 Å². The van der Waals surface area contributed by atoms with E-state index in [-0.39, 0.29) is 6.10 Å². The fourth-order valence-electron chi connectivity index (χ4n) is 1.73. The zero-order valence-electron chi connectivity index (χ0n) is 8.18. The first kappa shape index (κ1) is 11.8. The number of rotatable bonds is 3. The first-order valence-corrected chi connectivity index (χ1v) is 4.89. The van der Waals surface area contributed by atoms with Crippen LogP contribution >= 0.6 is 0 Å². The lowest BCUT2D eigenvalue weighted by Gasteiger charge is -2.27. The predicted octanol–water partition coefficient (Wildman–Crippen LogP) is 2.22. The predicted molar refractivity (Wildman–Crippen MR) is 46.8 cm³/mol. The summed E-state index contributed by atoms with van der Waals surface area (Å²) in [5.74, 6) is 0. The third-order valence-corrected chi connectivity index (χ3v) is 2.44. The Kier molecular flexibility index (Phi) is 3.78. The van der Waals surface area contributed by atoms with E-state index in [9.17, 15) is 13.2 Å². The molecular formula is C9H16F3NO. The van der Waals surface area contributed by atoms with Crippen LogP contribution in [0.25, 0.3) is 0 Å². The molecule has 2 atom stereocenters. The minimum atomic E-state index is -4.35. The molecule has 0 aromatic rings. The van der Waals surface area contributed by atoms with Crippen molar-refractivity contribution in [3.8, 4) is 0 Å². The van der Waals surface area contributed by atoms with Gasteiger partial charge >= 0.3 is 6.18 Å². The van der Waals surface area contributed by atoms with Crippen LogP contribution in [0, 0.1) is 0 Å². The van der Waals surface area contributed by atoms with E-state index in [1.165, 1.54) is 6.92 Å². The summed E-state index contributed by atoms with van der Waals surface area (Å²) in [5.41, 5.74) is 5.26. The third-order valence-electron chi connectivity index (χ3n) is 2.44. The van der Waals surface area contributed by atoms with Crippen molar-refractivity contribution in [2.75, 3.05) is 0 Å². The van der Waals surface area contributed by atoms with Crippen molar-refractivity contribution in [1.29, 1.82) is 0 Å². The highest BCUT2D eigenvalue weighted by molar-refractivity contribution is 4.79. The van der Waals surface area contributed by atoms with E-state index in [4.69, 9.17) is 10.5 Å². The van der Waals surface area contributed by atoms with Gasteiger partial charge in [0.15, 0.2) is 6.10 Å². The average Bonchev–Trinajstić information content (AvgIpc) is 2.48. The maximum absolute atomic E-state index is 12.4. The van der Waals surface area contributed by atoms with Crippen LogP contribution in [0.2, 0.25) is 0 Å². The minimum absolute atomic E-state index is 0.257. The Labute approximate surface area is 81.6 Å². The normalized spacial score (nSPS) is 23.8. The van der Waals surface area contributed by atoms with E-state index in [0.717, 1.165) is 25.7 Å². The van der Waals surface area contributed by atoms with Crippen molar-refractivity contribution < 1.29 is 17.9 Å². The number of hydrogen-bond donors (Lipinski definition) is 1. The molecule has 0 aliphatic heterocycles. The quantitative estimate of drug-likeness (QED) is 0.776. The first-order valence-electron chi connectivity index (χ1n) is 4.89. The zero-order valence-corrected chi connectivity index (χ0v) is 8.18. The molecule has 1 saturated carbocycles. The second kappa shape index (κ2) is 4.49. The Balaban J connectivity index is 2.50. The van der Waals surface area contributed by atoms with Crippen LogP contribution in [-0.2, 0) is 4.74 Å². The van der Waals surface area contributed by atoms with E-state index in [1.807, 2.05) is 0 Å². The van der Waals surface area contributed by atoms with Crippen LogP contribution in [-0.4, -0.2) is 24.4 Å². The Morgan fingerprint density at radius 2 is 1.79 bits per heavy atom. The van der Waals surface area contributed by atoms with Crippen molar-refractivity contribution in [3.05, 3.63) is 0 Å². The van der Waals surface area contributed by atoms with Gasteiger partial charge in [0.25, 0.3) is 0 Å². The molecule has 84 valence electrons. The smallest absolute Gasteiger partial charge is 0.364 e. The van der Waals surface area contributed by atoms with E-state index in [0.29, 0.717) is 0 Å². The second-order valence-electron chi connectivity index (χ2n) is 3.86. The SMILES string of the molecule is CC(N)C(OC1CCCC1)C(F)(F)F. The summed E-state index contributed by atoms with van der Waals surface area (Å²) < 4.78 is 42.2.